The van der Waals surface area contributed by atoms with Crippen LogP contribution in [0.5, 0.6) is 6.01 Å². The summed E-state index contributed by atoms with van der Waals surface area (Å²) in [6.45, 7) is 2.72. The number of imidazole rings is 1. The molecule has 0 atom stereocenters. The van der Waals surface area contributed by atoms with E-state index in [4.69, 9.17) is 10.5 Å². The van der Waals surface area contributed by atoms with E-state index in [2.05, 4.69) is 26.9 Å². The highest BCUT2D eigenvalue weighted by molar-refractivity contribution is 5.24. The molecule has 0 bridgehead atoms. The standard InChI is InChI=1S/C11H16N6O/c1-2-3-4-7-18-11-15-9(12)14-10(16-11)17-6-5-13-8-17/h5-6,8H,2-4,7H2,1H3,(H2,12,14,15,16). The van der Waals surface area contributed by atoms with Gasteiger partial charge in [-0.2, -0.15) is 15.0 Å². The molecule has 7 heteroatoms. The van der Waals surface area contributed by atoms with Gasteiger partial charge in [-0.1, -0.05) is 19.8 Å². The van der Waals surface area contributed by atoms with Crippen molar-refractivity contribution in [3.05, 3.63) is 18.7 Å². The van der Waals surface area contributed by atoms with Gasteiger partial charge >= 0.3 is 6.01 Å². The molecule has 0 amide bonds. The van der Waals surface area contributed by atoms with Gasteiger partial charge in [0, 0.05) is 12.4 Å². The molecule has 0 aliphatic rings. The third kappa shape index (κ3) is 3.16. The molecule has 2 aromatic rings. The van der Waals surface area contributed by atoms with Crippen LogP contribution in [-0.2, 0) is 0 Å². The molecule has 0 radical (unpaired) electrons. The predicted molar refractivity (Wildman–Crippen MR) is 66.4 cm³/mol. The van der Waals surface area contributed by atoms with E-state index in [1.54, 1.807) is 23.3 Å². The van der Waals surface area contributed by atoms with Gasteiger partial charge in [-0.3, -0.25) is 4.57 Å². The number of anilines is 1. The van der Waals surface area contributed by atoms with E-state index < -0.39 is 0 Å². The lowest BCUT2D eigenvalue weighted by molar-refractivity contribution is 0.282. The topological polar surface area (TPSA) is 91.7 Å². The van der Waals surface area contributed by atoms with Gasteiger partial charge in [-0.25, -0.2) is 4.98 Å². The Bertz CT molecular complexity index is 484. The summed E-state index contributed by atoms with van der Waals surface area (Å²) in [5, 5.41) is 0. The third-order valence-electron chi connectivity index (χ3n) is 2.33. The predicted octanol–water partition coefficient (Wildman–Crippen LogP) is 1.21. The van der Waals surface area contributed by atoms with Gasteiger partial charge in [0.1, 0.15) is 6.33 Å². The SMILES string of the molecule is CCCCCOc1nc(N)nc(-n2ccnc2)n1. The summed E-state index contributed by atoms with van der Waals surface area (Å²) in [6.07, 6.45) is 8.20. The van der Waals surface area contributed by atoms with Crippen molar-refractivity contribution in [2.45, 2.75) is 26.2 Å². The first-order valence-electron chi connectivity index (χ1n) is 5.92. The summed E-state index contributed by atoms with van der Waals surface area (Å²) in [4.78, 5) is 16.1. The Kier molecular flexibility index (Phi) is 4.06. The van der Waals surface area contributed by atoms with Crippen molar-refractivity contribution in [3.63, 3.8) is 0 Å². The van der Waals surface area contributed by atoms with E-state index in [-0.39, 0.29) is 12.0 Å². The Morgan fingerprint density at radius 1 is 1.28 bits per heavy atom. The van der Waals surface area contributed by atoms with Crippen molar-refractivity contribution in [2.75, 3.05) is 12.3 Å². The number of nitrogens with zero attached hydrogens (tertiary/aromatic N) is 5. The largest absolute Gasteiger partial charge is 0.463 e. The summed E-state index contributed by atoms with van der Waals surface area (Å²) in [5.74, 6) is 0.546. The van der Waals surface area contributed by atoms with Crippen molar-refractivity contribution in [1.82, 2.24) is 24.5 Å². The Balaban J connectivity index is 2.07. The lowest BCUT2D eigenvalue weighted by atomic mass is 10.3. The number of hydrogen-bond donors (Lipinski definition) is 1. The number of rotatable bonds is 6. The van der Waals surface area contributed by atoms with E-state index in [9.17, 15) is 0 Å². The van der Waals surface area contributed by atoms with Gasteiger partial charge in [0.2, 0.25) is 11.9 Å². The van der Waals surface area contributed by atoms with Gasteiger partial charge in [-0.15, -0.1) is 0 Å². The first-order chi connectivity index (χ1) is 8.79. The van der Waals surface area contributed by atoms with Crippen molar-refractivity contribution < 1.29 is 4.74 Å². The summed E-state index contributed by atoms with van der Waals surface area (Å²) < 4.78 is 7.10. The molecule has 0 spiro atoms. The lowest BCUT2D eigenvalue weighted by Gasteiger charge is -2.06. The van der Waals surface area contributed by atoms with Crippen LogP contribution in [0.3, 0.4) is 0 Å². The first-order valence-corrected chi connectivity index (χ1v) is 5.92. The first kappa shape index (κ1) is 12.3. The molecule has 0 saturated carbocycles. The van der Waals surface area contributed by atoms with Crippen LogP contribution >= 0.6 is 0 Å². The molecule has 2 rings (SSSR count). The summed E-state index contributed by atoms with van der Waals surface area (Å²) in [6, 6.07) is 0.252. The molecule has 2 aromatic heterocycles. The van der Waals surface area contributed by atoms with Gasteiger partial charge in [0.15, 0.2) is 0 Å². The number of aromatic nitrogens is 5. The maximum atomic E-state index is 5.62. The van der Waals surface area contributed by atoms with Crippen LogP contribution < -0.4 is 10.5 Å². The Morgan fingerprint density at radius 2 is 2.17 bits per heavy atom. The molecule has 96 valence electrons. The Hall–Kier alpha value is -2.18. The zero-order valence-electron chi connectivity index (χ0n) is 10.3. The number of nitrogen functional groups attached to an aromatic ring is 1. The van der Waals surface area contributed by atoms with Gasteiger partial charge < -0.3 is 10.5 Å². The van der Waals surface area contributed by atoms with E-state index >= 15 is 0 Å². The average molecular weight is 248 g/mol. The number of unbranched alkanes of at least 4 members (excludes halogenated alkanes) is 2. The minimum atomic E-state index is 0.138. The maximum Gasteiger partial charge on any atom is 0.323 e. The summed E-state index contributed by atoms with van der Waals surface area (Å²) in [7, 11) is 0. The van der Waals surface area contributed by atoms with Crippen molar-refractivity contribution in [1.29, 1.82) is 0 Å². The Labute approximate surface area is 105 Å². The molecule has 0 fully saturated rings. The quantitative estimate of drug-likeness (QED) is 0.772. The van der Waals surface area contributed by atoms with Crippen molar-refractivity contribution >= 4 is 5.95 Å². The molecule has 7 nitrogen and oxygen atoms in total. The zero-order chi connectivity index (χ0) is 12.8. The van der Waals surface area contributed by atoms with Crippen molar-refractivity contribution in [2.24, 2.45) is 0 Å². The molecule has 0 aliphatic heterocycles. The van der Waals surface area contributed by atoms with Gasteiger partial charge in [0.05, 0.1) is 6.61 Å². The molecule has 0 aromatic carbocycles. The monoisotopic (exact) mass is 248 g/mol. The van der Waals surface area contributed by atoms with E-state index in [0.717, 1.165) is 19.3 Å². The molecular weight excluding hydrogens is 232 g/mol. The second-order valence-corrected chi connectivity index (χ2v) is 3.80. The molecule has 0 unspecified atom stereocenters. The smallest absolute Gasteiger partial charge is 0.323 e. The Morgan fingerprint density at radius 3 is 2.89 bits per heavy atom. The molecule has 2 N–H and O–H groups in total. The zero-order valence-corrected chi connectivity index (χ0v) is 10.3. The second-order valence-electron chi connectivity index (χ2n) is 3.80. The highest BCUT2D eigenvalue weighted by Gasteiger charge is 2.06. The number of nitrogens with two attached hydrogens (primary N) is 1. The second kappa shape index (κ2) is 5.95. The normalized spacial score (nSPS) is 10.5. The number of ether oxygens (including phenoxy) is 1. The minimum absolute atomic E-state index is 0.138. The van der Waals surface area contributed by atoms with Crippen LogP contribution in [0.4, 0.5) is 5.95 Å². The fourth-order valence-corrected chi connectivity index (χ4v) is 1.43. The highest BCUT2D eigenvalue weighted by Crippen LogP contribution is 2.09. The van der Waals surface area contributed by atoms with Crippen LogP contribution in [0, 0.1) is 0 Å². The van der Waals surface area contributed by atoms with Gasteiger partial charge in [0.25, 0.3) is 0 Å². The van der Waals surface area contributed by atoms with Crippen LogP contribution in [0.2, 0.25) is 0 Å². The van der Waals surface area contributed by atoms with E-state index in [0.29, 0.717) is 12.6 Å². The van der Waals surface area contributed by atoms with Crippen LogP contribution in [0.25, 0.3) is 5.95 Å². The fraction of sp³-hybridized carbons (Fsp3) is 0.455. The highest BCUT2D eigenvalue weighted by atomic mass is 16.5. The molecule has 0 aliphatic carbocycles. The van der Waals surface area contributed by atoms with Gasteiger partial charge in [-0.05, 0) is 6.42 Å². The van der Waals surface area contributed by atoms with Crippen LogP contribution in [0.1, 0.15) is 26.2 Å². The molecule has 2 heterocycles. The van der Waals surface area contributed by atoms with E-state index in [1.165, 1.54) is 0 Å². The molecule has 0 saturated heterocycles. The van der Waals surface area contributed by atoms with E-state index in [1.807, 2.05) is 0 Å². The fourth-order valence-electron chi connectivity index (χ4n) is 1.43. The van der Waals surface area contributed by atoms with Crippen molar-refractivity contribution in [3.8, 4) is 12.0 Å². The lowest BCUT2D eigenvalue weighted by Crippen LogP contribution is -2.09. The molecular formula is C11H16N6O. The third-order valence-corrected chi connectivity index (χ3v) is 2.33. The molecule has 18 heavy (non-hydrogen) atoms. The number of hydrogen-bond acceptors (Lipinski definition) is 6. The summed E-state index contributed by atoms with van der Waals surface area (Å²) >= 11 is 0. The minimum Gasteiger partial charge on any atom is -0.463 e. The average Bonchev–Trinajstić information content (AvgIpc) is 2.88. The summed E-state index contributed by atoms with van der Waals surface area (Å²) in [5.41, 5.74) is 5.62. The maximum absolute atomic E-state index is 5.62. The van der Waals surface area contributed by atoms with Crippen LogP contribution in [-0.4, -0.2) is 31.1 Å². The van der Waals surface area contributed by atoms with Crippen LogP contribution in [0.15, 0.2) is 18.7 Å².